The molecule has 1 amide bonds. The fourth-order valence-electron chi connectivity index (χ4n) is 4.23. The van der Waals surface area contributed by atoms with Crippen molar-refractivity contribution in [3.8, 4) is 0 Å². The molecule has 1 atom stereocenters. The molecule has 2 saturated heterocycles. The molecule has 0 aromatic heterocycles. The van der Waals surface area contributed by atoms with Gasteiger partial charge in [-0.3, -0.25) is 14.5 Å². The van der Waals surface area contributed by atoms with Crippen molar-refractivity contribution < 1.29 is 9.59 Å². The summed E-state index contributed by atoms with van der Waals surface area (Å²) < 4.78 is 0. The van der Waals surface area contributed by atoms with Crippen LogP contribution in [0.4, 0.5) is 0 Å². The van der Waals surface area contributed by atoms with Crippen LogP contribution in [0.25, 0.3) is 10.8 Å². The summed E-state index contributed by atoms with van der Waals surface area (Å²) in [5, 5.41) is 2.24. The van der Waals surface area contributed by atoms with Crippen LogP contribution in [0.1, 0.15) is 36.0 Å². The van der Waals surface area contributed by atoms with E-state index in [0.717, 1.165) is 48.8 Å². The van der Waals surface area contributed by atoms with Gasteiger partial charge >= 0.3 is 0 Å². The van der Waals surface area contributed by atoms with Gasteiger partial charge in [-0.25, -0.2) is 0 Å². The maximum Gasteiger partial charge on any atom is 0.236 e. The van der Waals surface area contributed by atoms with Crippen molar-refractivity contribution in [1.29, 1.82) is 0 Å². The third kappa shape index (κ3) is 3.65. The third-order valence-corrected chi connectivity index (χ3v) is 5.74. The summed E-state index contributed by atoms with van der Waals surface area (Å²) in [5.74, 6) is 0.282. The molecule has 0 radical (unpaired) electrons. The molecule has 4 rings (SSSR count). The van der Waals surface area contributed by atoms with E-state index in [4.69, 9.17) is 0 Å². The van der Waals surface area contributed by atoms with Crippen LogP contribution in [0.15, 0.2) is 42.5 Å². The van der Waals surface area contributed by atoms with Crippen LogP contribution in [0.5, 0.6) is 0 Å². The first-order valence-corrected chi connectivity index (χ1v) is 9.74. The SMILES string of the molecule is O=C(c1ccc2ccccc2c1)[C@@H]1CCCN(C(=O)CN2CCCC2)C1. The predicted octanol–water partition coefficient (Wildman–Crippen LogP) is 3.36. The lowest BCUT2D eigenvalue weighted by Gasteiger charge is -2.33. The Morgan fingerprint density at radius 2 is 1.69 bits per heavy atom. The number of hydrogen-bond donors (Lipinski definition) is 0. The van der Waals surface area contributed by atoms with Gasteiger partial charge in [-0.05, 0) is 55.6 Å². The Bertz CT molecular complexity index is 811. The van der Waals surface area contributed by atoms with Crippen molar-refractivity contribution in [3.63, 3.8) is 0 Å². The van der Waals surface area contributed by atoms with Crippen LogP contribution >= 0.6 is 0 Å². The normalized spacial score (nSPS) is 21.2. The number of benzene rings is 2. The van der Waals surface area contributed by atoms with E-state index in [1.165, 1.54) is 12.8 Å². The van der Waals surface area contributed by atoms with Gasteiger partial charge in [0.05, 0.1) is 6.54 Å². The van der Waals surface area contributed by atoms with E-state index in [1.807, 2.05) is 41.3 Å². The summed E-state index contributed by atoms with van der Waals surface area (Å²) in [7, 11) is 0. The minimum absolute atomic E-state index is 0.0764. The minimum atomic E-state index is -0.0764. The number of hydrogen-bond acceptors (Lipinski definition) is 3. The molecule has 2 fully saturated rings. The Morgan fingerprint density at radius 3 is 2.50 bits per heavy atom. The molecule has 0 N–H and O–H groups in total. The number of carbonyl (C=O) groups excluding carboxylic acids is 2. The molecule has 2 heterocycles. The van der Waals surface area contributed by atoms with Crippen LogP contribution in [0.2, 0.25) is 0 Å². The van der Waals surface area contributed by atoms with E-state index in [0.29, 0.717) is 13.1 Å². The van der Waals surface area contributed by atoms with E-state index in [9.17, 15) is 9.59 Å². The largest absolute Gasteiger partial charge is 0.341 e. The molecule has 2 aliphatic heterocycles. The van der Waals surface area contributed by atoms with Crippen molar-refractivity contribution >= 4 is 22.5 Å². The maximum absolute atomic E-state index is 13.0. The topological polar surface area (TPSA) is 40.6 Å². The van der Waals surface area contributed by atoms with E-state index in [1.54, 1.807) is 0 Å². The second-order valence-electron chi connectivity index (χ2n) is 7.59. The maximum atomic E-state index is 13.0. The van der Waals surface area contributed by atoms with Crippen LogP contribution in [-0.2, 0) is 4.79 Å². The molecule has 136 valence electrons. The van der Waals surface area contributed by atoms with Crippen molar-refractivity contribution in [2.24, 2.45) is 5.92 Å². The van der Waals surface area contributed by atoms with Crippen LogP contribution in [0.3, 0.4) is 0 Å². The summed E-state index contributed by atoms with van der Waals surface area (Å²) in [5.41, 5.74) is 0.766. The zero-order valence-electron chi connectivity index (χ0n) is 15.2. The quantitative estimate of drug-likeness (QED) is 0.794. The molecule has 4 heteroatoms. The van der Waals surface area contributed by atoms with E-state index in [2.05, 4.69) is 11.0 Å². The number of carbonyl (C=O) groups is 2. The molecule has 2 aromatic carbocycles. The third-order valence-electron chi connectivity index (χ3n) is 5.74. The Kier molecular flexibility index (Phi) is 5.02. The van der Waals surface area contributed by atoms with Gasteiger partial charge in [-0.15, -0.1) is 0 Å². The number of ketones is 1. The molecule has 26 heavy (non-hydrogen) atoms. The summed E-state index contributed by atoms with van der Waals surface area (Å²) in [6, 6.07) is 14.0. The zero-order valence-corrected chi connectivity index (χ0v) is 15.2. The highest BCUT2D eigenvalue weighted by Crippen LogP contribution is 2.24. The number of piperidine rings is 1. The van der Waals surface area contributed by atoms with Gasteiger partial charge in [0.2, 0.25) is 5.91 Å². The molecule has 4 nitrogen and oxygen atoms in total. The molecular formula is C22H26N2O2. The summed E-state index contributed by atoms with van der Waals surface area (Å²) in [6.07, 6.45) is 4.17. The molecule has 0 spiro atoms. The summed E-state index contributed by atoms with van der Waals surface area (Å²) in [4.78, 5) is 29.8. The Morgan fingerprint density at radius 1 is 0.923 bits per heavy atom. The van der Waals surface area contributed by atoms with Crippen molar-refractivity contribution in [1.82, 2.24) is 9.80 Å². The second-order valence-corrected chi connectivity index (χ2v) is 7.59. The monoisotopic (exact) mass is 350 g/mol. The molecule has 0 unspecified atom stereocenters. The zero-order chi connectivity index (χ0) is 17.9. The van der Waals surface area contributed by atoms with Crippen LogP contribution in [-0.4, -0.2) is 54.2 Å². The van der Waals surface area contributed by atoms with Gasteiger partial charge in [0, 0.05) is 24.6 Å². The highest BCUT2D eigenvalue weighted by Gasteiger charge is 2.30. The molecule has 0 saturated carbocycles. The highest BCUT2D eigenvalue weighted by atomic mass is 16.2. The highest BCUT2D eigenvalue weighted by molar-refractivity contribution is 6.01. The first kappa shape index (κ1) is 17.2. The average molecular weight is 350 g/mol. The van der Waals surface area contributed by atoms with Gasteiger partial charge in [-0.2, -0.15) is 0 Å². The molecule has 2 aliphatic rings. The lowest BCUT2D eigenvalue weighted by molar-refractivity contribution is -0.133. The Balaban J connectivity index is 1.44. The minimum Gasteiger partial charge on any atom is -0.341 e. The van der Waals surface area contributed by atoms with Crippen LogP contribution in [0, 0.1) is 5.92 Å². The molecule has 2 aromatic rings. The summed E-state index contributed by atoms with van der Waals surface area (Å²) in [6.45, 7) is 3.92. The second kappa shape index (κ2) is 7.58. The number of Topliss-reactive ketones (excluding diaryl/α,β-unsaturated/α-hetero) is 1. The Hall–Kier alpha value is -2.20. The van der Waals surface area contributed by atoms with Crippen LogP contribution < -0.4 is 0 Å². The number of fused-ring (bicyclic) bond motifs is 1. The number of likely N-dealkylation sites (tertiary alicyclic amines) is 2. The Labute approximate surface area is 154 Å². The fourth-order valence-corrected chi connectivity index (χ4v) is 4.23. The van der Waals surface area contributed by atoms with Gasteiger partial charge in [0.1, 0.15) is 0 Å². The lowest BCUT2D eigenvalue weighted by Crippen LogP contribution is -2.46. The number of amides is 1. The average Bonchev–Trinajstić information content (AvgIpc) is 3.20. The number of rotatable bonds is 4. The van der Waals surface area contributed by atoms with E-state index < -0.39 is 0 Å². The number of nitrogens with zero attached hydrogens (tertiary/aromatic N) is 2. The van der Waals surface area contributed by atoms with Crippen molar-refractivity contribution in [3.05, 3.63) is 48.0 Å². The van der Waals surface area contributed by atoms with Gasteiger partial charge in [0.15, 0.2) is 5.78 Å². The first-order valence-electron chi connectivity index (χ1n) is 9.74. The standard InChI is InChI=1S/C22H26N2O2/c25-21(16-23-11-3-4-12-23)24-13-5-8-20(15-24)22(26)19-10-9-17-6-1-2-7-18(17)14-19/h1-2,6-7,9-10,14,20H,3-5,8,11-13,15-16H2/t20-/m1/s1. The first-order chi connectivity index (χ1) is 12.7. The molecular weight excluding hydrogens is 324 g/mol. The van der Waals surface area contributed by atoms with Crippen molar-refractivity contribution in [2.45, 2.75) is 25.7 Å². The summed E-state index contributed by atoms with van der Waals surface area (Å²) >= 11 is 0. The van der Waals surface area contributed by atoms with E-state index in [-0.39, 0.29) is 17.6 Å². The predicted molar refractivity (Wildman–Crippen MR) is 103 cm³/mol. The van der Waals surface area contributed by atoms with E-state index >= 15 is 0 Å². The van der Waals surface area contributed by atoms with Gasteiger partial charge in [-0.1, -0.05) is 36.4 Å². The molecule has 0 bridgehead atoms. The van der Waals surface area contributed by atoms with Gasteiger partial charge in [0.25, 0.3) is 0 Å². The smallest absolute Gasteiger partial charge is 0.236 e. The fraction of sp³-hybridized carbons (Fsp3) is 0.455. The lowest BCUT2D eigenvalue weighted by atomic mass is 9.89. The molecule has 0 aliphatic carbocycles. The van der Waals surface area contributed by atoms with Gasteiger partial charge < -0.3 is 4.90 Å². The van der Waals surface area contributed by atoms with Crippen molar-refractivity contribution in [2.75, 3.05) is 32.7 Å².